The Bertz CT molecular complexity index is 576. The van der Waals surface area contributed by atoms with Crippen LogP contribution in [0.2, 0.25) is 0 Å². The predicted octanol–water partition coefficient (Wildman–Crippen LogP) is 4.71. The Morgan fingerprint density at radius 2 is 1.78 bits per heavy atom. The predicted molar refractivity (Wildman–Crippen MR) is 80.5 cm³/mol. The molecule has 0 atom stereocenters. The van der Waals surface area contributed by atoms with E-state index in [0.717, 1.165) is 21.2 Å². The number of hydrogen-bond acceptors (Lipinski definition) is 2. The molecule has 0 N–H and O–H groups in total. The second-order valence-electron chi connectivity index (χ2n) is 4.02. The van der Waals surface area contributed by atoms with Gasteiger partial charge in [-0.2, -0.15) is 0 Å². The first-order valence-corrected chi connectivity index (χ1v) is 7.58. The summed E-state index contributed by atoms with van der Waals surface area (Å²) in [5, 5.41) is 0. The average molecular weight is 321 g/mol. The minimum Gasteiger partial charge on any atom is -0.289 e. The number of aryl methyl sites for hydroxylation is 1. The standard InChI is InChI=1S/C15H13BrOS/c1-10-9-12(16)5-8-14(10)15(17)11-3-6-13(18-2)7-4-11/h3-9H,1-2H3. The van der Waals surface area contributed by atoms with E-state index in [2.05, 4.69) is 15.9 Å². The first-order chi connectivity index (χ1) is 8.61. The average Bonchev–Trinajstić information content (AvgIpc) is 2.38. The highest BCUT2D eigenvalue weighted by molar-refractivity contribution is 9.10. The Balaban J connectivity index is 2.35. The van der Waals surface area contributed by atoms with E-state index in [-0.39, 0.29) is 5.78 Å². The van der Waals surface area contributed by atoms with Gasteiger partial charge in [0.05, 0.1) is 0 Å². The highest BCUT2D eigenvalue weighted by Gasteiger charge is 2.11. The Morgan fingerprint density at radius 1 is 1.11 bits per heavy atom. The number of halogens is 1. The van der Waals surface area contributed by atoms with Gasteiger partial charge in [-0.25, -0.2) is 0 Å². The minimum absolute atomic E-state index is 0.0765. The van der Waals surface area contributed by atoms with Crippen molar-refractivity contribution < 1.29 is 4.79 Å². The summed E-state index contributed by atoms with van der Waals surface area (Å²) in [6.07, 6.45) is 2.02. The molecule has 92 valence electrons. The molecule has 2 aromatic carbocycles. The Kier molecular flexibility index (Phi) is 4.25. The molecule has 0 saturated heterocycles. The highest BCUT2D eigenvalue weighted by atomic mass is 79.9. The van der Waals surface area contributed by atoms with Gasteiger partial charge >= 0.3 is 0 Å². The molecule has 0 radical (unpaired) electrons. The molecule has 18 heavy (non-hydrogen) atoms. The molecule has 1 nitrogen and oxygen atoms in total. The van der Waals surface area contributed by atoms with Crippen molar-refractivity contribution >= 4 is 33.5 Å². The van der Waals surface area contributed by atoms with Crippen molar-refractivity contribution in [1.29, 1.82) is 0 Å². The molecule has 2 rings (SSSR count). The van der Waals surface area contributed by atoms with Crippen LogP contribution in [0.4, 0.5) is 0 Å². The maximum absolute atomic E-state index is 12.4. The largest absolute Gasteiger partial charge is 0.289 e. The van der Waals surface area contributed by atoms with E-state index >= 15 is 0 Å². The lowest BCUT2D eigenvalue weighted by Gasteiger charge is -2.06. The Hall–Kier alpha value is -1.06. The molecule has 0 aliphatic heterocycles. The van der Waals surface area contributed by atoms with Gasteiger partial charge in [-0.15, -0.1) is 11.8 Å². The second-order valence-corrected chi connectivity index (χ2v) is 5.81. The molecule has 0 saturated carbocycles. The number of carbonyl (C=O) groups is 1. The third-order valence-electron chi connectivity index (χ3n) is 2.79. The molecule has 0 fully saturated rings. The second kappa shape index (κ2) is 5.72. The molecule has 0 aromatic heterocycles. The molecule has 2 aromatic rings. The summed E-state index contributed by atoms with van der Waals surface area (Å²) in [4.78, 5) is 13.5. The van der Waals surface area contributed by atoms with Gasteiger partial charge in [-0.05, 0) is 61.2 Å². The first kappa shape index (κ1) is 13.4. The van der Waals surface area contributed by atoms with Gasteiger partial charge in [-0.1, -0.05) is 15.9 Å². The van der Waals surface area contributed by atoms with Gasteiger partial charge in [0.15, 0.2) is 5.78 Å². The first-order valence-electron chi connectivity index (χ1n) is 5.56. The van der Waals surface area contributed by atoms with Gasteiger partial charge in [0.25, 0.3) is 0 Å². The van der Waals surface area contributed by atoms with E-state index in [0.29, 0.717) is 0 Å². The molecule has 0 amide bonds. The molecule has 0 bridgehead atoms. The van der Waals surface area contributed by atoms with Crippen LogP contribution in [0.3, 0.4) is 0 Å². The van der Waals surface area contributed by atoms with Crippen LogP contribution in [-0.4, -0.2) is 12.0 Å². The zero-order chi connectivity index (χ0) is 13.1. The fraction of sp³-hybridized carbons (Fsp3) is 0.133. The van der Waals surface area contributed by atoms with Crippen LogP contribution in [-0.2, 0) is 0 Å². The summed E-state index contributed by atoms with van der Waals surface area (Å²) in [5.41, 5.74) is 2.48. The number of rotatable bonds is 3. The summed E-state index contributed by atoms with van der Waals surface area (Å²) in [7, 11) is 0. The SMILES string of the molecule is CSc1ccc(C(=O)c2ccc(Br)cc2C)cc1. The van der Waals surface area contributed by atoms with E-state index < -0.39 is 0 Å². The van der Waals surface area contributed by atoms with Crippen molar-refractivity contribution in [2.45, 2.75) is 11.8 Å². The van der Waals surface area contributed by atoms with Crippen LogP contribution in [0.5, 0.6) is 0 Å². The zero-order valence-corrected chi connectivity index (χ0v) is 12.6. The molecule has 3 heteroatoms. The molecule has 0 aliphatic rings. The fourth-order valence-electron chi connectivity index (χ4n) is 1.78. The molecule has 0 aliphatic carbocycles. The number of benzene rings is 2. The highest BCUT2D eigenvalue weighted by Crippen LogP contribution is 2.21. The van der Waals surface area contributed by atoms with Gasteiger partial charge in [0.1, 0.15) is 0 Å². The van der Waals surface area contributed by atoms with Crippen molar-refractivity contribution in [2.24, 2.45) is 0 Å². The van der Waals surface area contributed by atoms with Crippen LogP contribution < -0.4 is 0 Å². The monoisotopic (exact) mass is 320 g/mol. The van der Waals surface area contributed by atoms with Crippen LogP contribution in [0.15, 0.2) is 51.8 Å². The van der Waals surface area contributed by atoms with Crippen molar-refractivity contribution in [3.05, 3.63) is 63.6 Å². The summed E-state index contributed by atoms with van der Waals surface area (Å²) in [5.74, 6) is 0.0765. The van der Waals surface area contributed by atoms with E-state index in [4.69, 9.17) is 0 Å². The topological polar surface area (TPSA) is 17.1 Å². The summed E-state index contributed by atoms with van der Waals surface area (Å²) in [6.45, 7) is 1.95. The Labute approximate surface area is 120 Å². The van der Waals surface area contributed by atoms with Crippen LogP contribution in [0.1, 0.15) is 21.5 Å². The van der Waals surface area contributed by atoms with E-state index in [1.165, 1.54) is 4.90 Å². The third-order valence-corrected chi connectivity index (χ3v) is 4.02. The smallest absolute Gasteiger partial charge is 0.193 e. The van der Waals surface area contributed by atoms with Crippen molar-refractivity contribution in [1.82, 2.24) is 0 Å². The minimum atomic E-state index is 0.0765. The normalized spacial score (nSPS) is 10.4. The lowest BCUT2D eigenvalue weighted by Crippen LogP contribution is -2.03. The van der Waals surface area contributed by atoms with Crippen molar-refractivity contribution in [3.63, 3.8) is 0 Å². The van der Waals surface area contributed by atoms with Gasteiger partial charge in [0, 0.05) is 20.5 Å². The number of ketones is 1. The third kappa shape index (κ3) is 2.85. The van der Waals surface area contributed by atoms with Crippen molar-refractivity contribution in [3.8, 4) is 0 Å². The van der Waals surface area contributed by atoms with Gasteiger partial charge < -0.3 is 0 Å². The maximum Gasteiger partial charge on any atom is 0.193 e. The number of thioether (sulfide) groups is 1. The van der Waals surface area contributed by atoms with E-state index in [1.54, 1.807) is 11.8 Å². The van der Waals surface area contributed by atoms with Gasteiger partial charge in [0.2, 0.25) is 0 Å². The molecule has 0 heterocycles. The summed E-state index contributed by atoms with van der Waals surface area (Å²) >= 11 is 5.08. The number of hydrogen-bond donors (Lipinski definition) is 0. The summed E-state index contributed by atoms with van der Waals surface area (Å²) < 4.78 is 0.995. The molecule has 0 unspecified atom stereocenters. The summed E-state index contributed by atoms with van der Waals surface area (Å²) in [6, 6.07) is 13.5. The van der Waals surface area contributed by atoms with Gasteiger partial charge in [-0.3, -0.25) is 4.79 Å². The Morgan fingerprint density at radius 3 is 2.33 bits per heavy atom. The van der Waals surface area contributed by atoms with Crippen molar-refractivity contribution in [2.75, 3.05) is 6.26 Å². The van der Waals surface area contributed by atoms with E-state index in [1.807, 2.05) is 55.6 Å². The lowest BCUT2D eigenvalue weighted by atomic mass is 9.99. The van der Waals surface area contributed by atoms with E-state index in [9.17, 15) is 4.79 Å². The molecular formula is C15H13BrOS. The molecular weight excluding hydrogens is 308 g/mol. The van der Waals surface area contributed by atoms with Crippen LogP contribution in [0.25, 0.3) is 0 Å². The fourth-order valence-corrected chi connectivity index (χ4v) is 2.66. The lowest BCUT2D eigenvalue weighted by molar-refractivity contribution is 0.103. The quantitative estimate of drug-likeness (QED) is 0.601. The van der Waals surface area contributed by atoms with Crippen LogP contribution >= 0.6 is 27.7 Å². The maximum atomic E-state index is 12.4. The van der Waals surface area contributed by atoms with Crippen LogP contribution in [0, 0.1) is 6.92 Å². The molecule has 0 spiro atoms. The zero-order valence-electron chi connectivity index (χ0n) is 10.2. The number of carbonyl (C=O) groups excluding carboxylic acids is 1.